The van der Waals surface area contributed by atoms with Crippen molar-refractivity contribution in [3.8, 4) is 0 Å². The van der Waals surface area contributed by atoms with Crippen LogP contribution in [0, 0.1) is 5.92 Å². The minimum atomic E-state index is 0.366. The molecule has 0 aromatic heterocycles. The summed E-state index contributed by atoms with van der Waals surface area (Å²) in [7, 11) is 0. The number of benzene rings is 1. The van der Waals surface area contributed by atoms with E-state index in [0.29, 0.717) is 12.0 Å². The van der Waals surface area contributed by atoms with Crippen molar-refractivity contribution in [3.05, 3.63) is 35.4 Å². The molecule has 3 unspecified atom stereocenters. The Balaban J connectivity index is 2.05. The van der Waals surface area contributed by atoms with Gasteiger partial charge in [0, 0.05) is 6.04 Å². The lowest BCUT2D eigenvalue weighted by Gasteiger charge is -2.34. The highest BCUT2D eigenvalue weighted by molar-refractivity contribution is 5.27. The van der Waals surface area contributed by atoms with Gasteiger partial charge in [-0.05, 0) is 48.6 Å². The molecule has 1 aliphatic rings. The molecule has 1 aliphatic carbocycles. The zero-order chi connectivity index (χ0) is 13.7. The SMILES string of the molecule is CCCc1ccc(C2CC(CCC)CCC2N)cc1. The first-order chi connectivity index (χ1) is 9.24. The first-order valence-corrected chi connectivity index (χ1v) is 8.09. The maximum absolute atomic E-state index is 6.37. The third-order valence-electron chi connectivity index (χ3n) is 4.66. The Kier molecular flexibility index (Phi) is 5.45. The van der Waals surface area contributed by atoms with Gasteiger partial charge in [-0.1, -0.05) is 57.4 Å². The highest BCUT2D eigenvalue weighted by atomic mass is 14.7. The summed E-state index contributed by atoms with van der Waals surface area (Å²) in [4.78, 5) is 0. The molecule has 1 heteroatoms. The van der Waals surface area contributed by atoms with Crippen LogP contribution in [0.3, 0.4) is 0 Å². The van der Waals surface area contributed by atoms with Gasteiger partial charge in [-0.25, -0.2) is 0 Å². The van der Waals surface area contributed by atoms with Gasteiger partial charge in [0.05, 0.1) is 0 Å². The van der Waals surface area contributed by atoms with Gasteiger partial charge in [-0.2, -0.15) is 0 Å². The molecule has 1 saturated carbocycles. The van der Waals surface area contributed by atoms with Gasteiger partial charge in [0.25, 0.3) is 0 Å². The fraction of sp³-hybridized carbons (Fsp3) is 0.667. The van der Waals surface area contributed by atoms with Crippen molar-refractivity contribution in [2.45, 2.75) is 70.8 Å². The van der Waals surface area contributed by atoms with Crippen molar-refractivity contribution in [3.63, 3.8) is 0 Å². The van der Waals surface area contributed by atoms with E-state index in [0.717, 1.165) is 5.92 Å². The van der Waals surface area contributed by atoms with Crippen LogP contribution in [-0.4, -0.2) is 6.04 Å². The number of hydrogen-bond donors (Lipinski definition) is 1. The van der Waals surface area contributed by atoms with Gasteiger partial charge in [0.1, 0.15) is 0 Å². The average molecular weight is 259 g/mol. The molecule has 1 fully saturated rings. The molecule has 0 spiro atoms. The Labute approximate surface area is 118 Å². The van der Waals surface area contributed by atoms with Crippen LogP contribution in [-0.2, 0) is 6.42 Å². The van der Waals surface area contributed by atoms with E-state index >= 15 is 0 Å². The monoisotopic (exact) mass is 259 g/mol. The average Bonchev–Trinajstić information content (AvgIpc) is 2.43. The van der Waals surface area contributed by atoms with Crippen LogP contribution >= 0.6 is 0 Å². The van der Waals surface area contributed by atoms with Crippen LogP contribution in [0.5, 0.6) is 0 Å². The third kappa shape index (κ3) is 3.82. The lowest BCUT2D eigenvalue weighted by molar-refractivity contribution is 0.274. The molecule has 19 heavy (non-hydrogen) atoms. The molecule has 0 bridgehead atoms. The highest BCUT2D eigenvalue weighted by Crippen LogP contribution is 2.37. The van der Waals surface area contributed by atoms with Gasteiger partial charge in [-0.3, -0.25) is 0 Å². The molecule has 1 nitrogen and oxygen atoms in total. The summed E-state index contributed by atoms with van der Waals surface area (Å²) in [5.74, 6) is 1.48. The van der Waals surface area contributed by atoms with E-state index in [9.17, 15) is 0 Å². The second kappa shape index (κ2) is 7.09. The summed E-state index contributed by atoms with van der Waals surface area (Å²) in [6, 6.07) is 9.61. The molecule has 0 amide bonds. The predicted molar refractivity (Wildman–Crippen MR) is 83.4 cm³/mol. The molecular formula is C18H29N. The molecule has 106 valence electrons. The van der Waals surface area contributed by atoms with Gasteiger partial charge in [-0.15, -0.1) is 0 Å². The summed E-state index contributed by atoms with van der Waals surface area (Å²) < 4.78 is 0. The number of hydrogen-bond acceptors (Lipinski definition) is 1. The van der Waals surface area contributed by atoms with Crippen LogP contribution in [0.2, 0.25) is 0 Å². The highest BCUT2D eigenvalue weighted by Gasteiger charge is 2.28. The zero-order valence-electron chi connectivity index (χ0n) is 12.6. The zero-order valence-corrected chi connectivity index (χ0v) is 12.6. The Morgan fingerprint density at radius 2 is 1.79 bits per heavy atom. The minimum Gasteiger partial charge on any atom is -0.327 e. The van der Waals surface area contributed by atoms with E-state index in [2.05, 4.69) is 38.1 Å². The van der Waals surface area contributed by atoms with E-state index < -0.39 is 0 Å². The fourth-order valence-electron chi connectivity index (χ4n) is 3.55. The Morgan fingerprint density at radius 3 is 2.42 bits per heavy atom. The van der Waals surface area contributed by atoms with E-state index in [1.165, 1.54) is 56.1 Å². The molecule has 0 radical (unpaired) electrons. The van der Waals surface area contributed by atoms with Crippen molar-refractivity contribution in [2.24, 2.45) is 11.7 Å². The second-order valence-electron chi connectivity index (χ2n) is 6.23. The third-order valence-corrected chi connectivity index (χ3v) is 4.66. The molecular weight excluding hydrogens is 230 g/mol. The summed E-state index contributed by atoms with van der Waals surface area (Å²) in [6.07, 6.45) is 8.92. The van der Waals surface area contributed by atoms with E-state index in [4.69, 9.17) is 5.73 Å². The Bertz CT molecular complexity index is 368. The molecule has 0 saturated heterocycles. The first kappa shape index (κ1) is 14.6. The predicted octanol–water partition coefficient (Wildman–Crippen LogP) is 4.65. The van der Waals surface area contributed by atoms with Crippen LogP contribution in [0.4, 0.5) is 0 Å². The van der Waals surface area contributed by atoms with Crippen molar-refractivity contribution in [2.75, 3.05) is 0 Å². The maximum Gasteiger partial charge on any atom is 0.0108 e. The molecule has 0 heterocycles. The summed E-state index contributed by atoms with van der Waals surface area (Å²) in [5, 5.41) is 0. The summed E-state index contributed by atoms with van der Waals surface area (Å²) in [5.41, 5.74) is 9.29. The normalized spacial score (nSPS) is 27.4. The van der Waals surface area contributed by atoms with Crippen molar-refractivity contribution >= 4 is 0 Å². The van der Waals surface area contributed by atoms with Gasteiger partial charge < -0.3 is 5.73 Å². The quantitative estimate of drug-likeness (QED) is 0.818. The molecule has 3 atom stereocenters. The molecule has 2 N–H and O–H groups in total. The van der Waals surface area contributed by atoms with Crippen LogP contribution < -0.4 is 5.73 Å². The summed E-state index contributed by atoms with van der Waals surface area (Å²) in [6.45, 7) is 4.53. The Morgan fingerprint density at radius 1 is 1.05 bits per heavy atom. The topological polar surface area (TPSA) is 26.0 Å². The van der Waals surface area contributed by atoms with Gasteiger partial charge in [0.15, 0.2) is 0 Å². The number of rotatable bonds is 5. The summed E-state index contributed by atoms with van der Waals surface area (Å²) >= 11 is 0. The van der Waals surface area contributed by atoms with Crippen molar-refractivity contribution < 1.29 is 0 Å². The lowest BCUT2D eigenvalue weighted by atomic mass is 9.73. The Hall–Kier alpha value is -0.820. The van der Waals surface area contributed by atoms with Crippen LogP contribution in [0.25, 0.3) is 0 Å². The van der Waals surface area contributed by atoms with Crippen LogP contribution in [0.1, 0.15) is 69.4 Å². The fourth-order valence-corrected chi connectivity index (χ4v) is 3.55. The van der Waals surface area contributed by atoms with Crippen molar-refractivity contribution in [1.29, 1.82) is 0 Å². The molecule has 1 aromatic carbocycles. The van der Waals surface area contributed by atoms with Crippen molar-refractivity contribution in [1.82, 2.24) is 0 Å². The second-order valence-corrected chi connectivity index (χ2v) is 6.23. The van der Waals surface area contributed by atoms with Gasteiger partial charge in [0.2, 0.25) is 0 Å². The molecule has 1 aromatic rings. The number of aryl methyl sites for hydroxylation is 1. The first-order valence-electron chi connectivity index (χ1n) is 8.09. The van der Waals surface area contributed by atoms with E-state index in [1.807, 2.05) is 0 Å². The smallest absolute Gasteiger partial charge is 0.0108 e. The molecule has 2 rings (SSSR count). The number of nitrogens with two attached hydrogens (primary N) is 1. The molecule has 0 aliphatic heterocycles. The largest absolute Gasteiger partial charge is 0.327 e. The standard InChI is InChI=1S/C18H29N/c1-3-5-14-7-10-16(11-8-14)17-13-15(6-4-2)9-12-18(17)19/h7-8,10-11,15,17-18H,3-6,9,12-13,19H2,1-2H3. The van der Waals surface area contributed by atoms with Crippen LogP contribution in [0.15, 0.2) is 24.3 Å². The van der Waals surface area contributed by atoms with Gasteiger partial charge >= 0.3 is 0 Å². The maximum atomic E-state index is 6.37. The minimum absolute atomic E-state index is 0.366. The van der Waals surface area contributed by atoms with E-state index in [1.54, 1.807) is 0 Å². The van der Waals surface area contributed by atoms with E-state index in [-0.39, 0.29) is 0 Å². The lowest BCUT2D eigenvalue weighted by Crippen LogP contribution is -2.34.